The molecule has 18 heavy (non-hydrogen) atoms. The van der Waals surface area contributed by atoms with Crippen LogP contribution in [0, 0.1) is 0 Å². The van der Waals surface area contributed by atoms with Crippen LogP contribution in [-0.2, 0) is 27.8 Å². The minimum atomic E-state index is -0.720. The van der Waals surface area contributed by atoms with Crippen LogP contribution in [0.1, 0.15) is 36.0 Å². The van der Waals surface area contributed by atoms with Gasteiger partial charge in [0, 0.05) is 11.8 Å². The second kappa shape index (κ2) is 4.39. The Hall–Kier alpha value is -1.35. The molecule has 1 fully saturated rings. The number of rotatable bonds is 4. The van der Waals surface area contributed by atoms with Gasteiger partial charge in [0.25, 0.3) is 0 Å². The fourth-order valence-corrected chi connectivity index (χ4v) is 3.05. The summed E-state index contributed by atoms with van der Waals surface area (Å²) in [6.07, 6.45) is 4.51. The number of carboxylic acid groups (broad SMARTS) is 1. The van der Waals surface area contributed by atoms with Gasteiger partial charge in [-0.2, -0.15) is 0 Å². The summed E-state index contributed by atoms with van der Waals surface area (Å²) in [6.45, 7) is 1.33. The van der Waals surface area contributed by atoms with E-state index in [2.05, 4.69) is 18.2 Å². The van der Waals surface area contributed by atoms with Crippen molar-refractivity contribution < 1.29 is 14.6 Å². The van der Waals surface area contributed by atoms with Gasteiger partial charge in [-0.1, -0.05) is 18.2 Å². The van der Waals surface area contributed by atoms with E-state index in [0.29, 0.717) is 19.6 Å². The van der Waals surface area contributed by atoms with E-state index in [4.69, 9.17) is 9.84 Å². The van der Waals surface area contributed by atoms with Gasteiger partial charge in [0.2, 0.25) is 0 Å². The van der Waals surface area contributed by atoms with E-state index in [1.54, 1.807) is 0 Å². The van der Waals surface area contributed by atoms with Crippen molar-refractivity contribution in [3.63, 3.8) is 0 Å². The molecule has 0 bridgehead atoms. The number of carbonyl (C=O) groups is 1. The quantitative estimate of drug-likeness (QED) is 0.886. The molecule has 0 unspecified atom stereocenters. The fraction of sp³-hybridized carbons (Fsp3) is 0.533. The van der Waals surface area contributed by atoms with Crippen molar-refractivity contribution >= 4 is 5.97 Å². The third-order valence-electron chi connectivity index (χ3n) is 4.28. The molecule has 2 aliphatic rings. The number of benzene rings is 1. The summed E-state index contributed by atoms with van der Waals surface area (Å²) in [4.78, 5) is 10.8. The molecular formula is C15H18O3. The molecule has 1 aliphatic carbocycles. The molecular weight excluding hydrogens is 228 g/mol. The van der Waals surface area contributed by atoms with Gasteiger partial charge in [-0.3, -0.25) is 4.79 Å². The number of aryl methyl sites for hydroxylation is 2. The summed E-state index contributed by atoms with van der Waals surface area (Å²) in [5.41, 5.74) is 4.15. The predicted molar refractivity (Wildman–Crippen MR) is 67.8 cm³/mol. The van der Waals surface area contributed by atoms with Crippen LogP contribution in [0.4, 0.5) is 0 Å². The number of hydrogen-bond donors (Lipinski definition) is 1. The second-order valence-electron chi connectivity index (χ2n) is 5.50. The Labute approximate surface area is 107 Å². The SMILES string of the molecule is O=C(O)CCC1(c2ccc3c(c2)CCC3)COC1. The van der Waals surface area contributed by atoms with Crippen molar-refractivity contribution in [2.24, 2.45) is 0 Å². The zero-order chi connectivity index (χ0) is 12.6. The Morgan fingerprint density at radius 3 is 2.72 bits per heavy atom. The van der Waals surface area contributed by atoms with Crippen LogP contribution in [0.2, 0.25) is 0 Å². The monoisotopic (exact) mass is 246 g/mol. The van der Waals surface area contributed by atoms with Crippen LogP contribution in [0.5, 0.6) is 0 Å². The average Bonchev–Trinajstić information content (AvgIpc) is 2.74. The zero-order valence-electron chi connectivity index (χ0n) is 10.4. The number of aliphatic carboxylic acids is 1. The zero-order valence-corrected chi connectivity index (χ0v) is 10.4. The van der Waals surface area contributed by atoms with Crippen molar-refractivity contribution in [2.75, 3.05) is 13.2 Å². The number of hydrogen-bond acceptors (Lipinski definition) is 2. The molecule has 1 aromatic carbocycles. The van der Waals surface area contributed by atoms with Crippen LogP contribution >= 0.6 is 0 Å². The van der Waals surface area contributed by atoms with Crippen molar-refractivity contribution in [3.05, 3.63) is 34.9 Å². The Kier molecular flexibility index (Phi) is 2.86. The molecule has 96 valence electrons. The Bertz CT molecular complexity index is 475. The summed E-state index contributed by atoms with van der Waals surface area (Å²) in [5, 5.41) is 8.86. The van der Waals surface area contributed by atoms with Gasteiger partial charge in [-0.15, -0.1) is 0 Å². The van der Waals surface area contributed by atoms with E-state index in [0.717, 1.165) is 0 Å². The molecule has 0 spiro atoms. The molecule has 1 saturated heterocycles. The van der Waals surface area contributed by atoms with Crippen molar-refractivity contribution in [1.82, 2.24) is 0 Å². The topological polar surface area (TPSA) is 46.5 Å². The lowest BCUT2D eigenvalue weighted by Crippen LogP contribution is -2.47. The minimum Gasteiger partial charge on any atom is -0.481 e. The molecule has 0 atom stereocenters. The lowest BCUT2D eigenvalue weighted by molar-refractivity contribution is -0.139. The maximum atomic E-state index is 10.8. The molecule has 1 aliphatic heterocycles. The predicted octanol–water partition coefficient (Wildman–Crippen LogP) is 2.31. The number of ether oxygens (including phenoxy) is 1. The van der Waals surface area contributed by atoms with E-state index in [-0.39, 0.29) is 11.8 Å². The standard InChI is InChI=1S/C15H18O3/c16-14(17)6-7-15(9-18-10-15)13-5-4-11-2-1-3-12(11)8-13/h4-5,8H,1-3,6-7,9-10H2,(H,16,17). The average molecular weight is 246 g/mol. The molecule has 0 radical (unpaired) electrons. The lowest BCUT2D eigenvalue weighted by Gasteiger charge is -2.42. The Morgan fingerprint density at radius 1 is 1.28 bits per heavy atom. The van der Waals surface area contributed by atoms with Crippen molar-refractivity contribution in [2.45, 2.75) is 37.5 Å². The molecule has 3 heteroatoms. The van der Waals surface area contributed by atoms with Gasteiger partial charge in [-0.05, 0) is 42.4 Å². The van der Waals surface area contributed by atoms with Crippen LogP contribution in [0.25, 0.3) is 0 Å². The highest BCUT2D eigenvalue weighted by Crippen LogP contribution is 2.38. The Morgan fingerprint density at radius 2 is 2.06 bits per heavy atom. The molecule has 3 nitrogen and oxygen atoms in total. The van der Waals surface area contributed by atoms with Crippen LogP contribution in [0.3, 0.4) is 0 Å². The Balaban J connectivity index is 1.85. The van der Waals surface area contributed by atoms with Crippen LogP contribution < -0.4 is 0 Å². The van der Waals surface area contributed by atoms with Crippen LogP contribution in [0.15, 0.2) is 18.2 Å². The molecule has 1 aromatic rings. The van der Waals surface area contributed by atoms with Gasteiger partial charge in [-0.25, -0.2) is 0 Å². The van der Waals surface area contributed by atoms with E-state index in [9.17, 15) is 4.79 Å². The van der Waals surface area contributed by atoms with E-state index >= 15 is 0 Å². The van der Waals surface area contributed by atoms with E-state index < -0.39 is 5.97 Å². The normalized spacial score (nSPS) is 20.2. The van der Waals surface area contributed by atoms with Gasteiger partial charge in [0.15, 0.2) is 0 Å². The maximum absolute atomic E-state index is 10.8. The van der Waals surface area contributed by atoms with Gasteiger partial charge >= 0.3 is 5.97 Å². The summed E-state index contributed by atoms with van der Waals surface area (Å²) < 4.78 is 5.35. The number of carboxylic acids is 1. The van der Waals surface area contributed by atoms with Gasteiger partial charge < -0.3 is 9.84 Å². The number of fused-ring (bicyclic) bond motifs is 1. The summed E-state index contributed by atoms with van der Waals surface area (Å²) >= 11 is 0. The van der Waals surface area contributed by atoms with Crippen LogP contribution in [-0.4, -0.2) is 24.3 Å². The van der Waals surface area contributed by atoms with Crippen molar-refractivity contribution in [3.8, 4) is 0 Å². The fourth-order valence-electron chi connectivity index (χ4n) is 3.05. The molecule has 0 amide bonds. The van der Waals surface area contributed by atoms with Gasteiger partial charge in [0.05, 0.1) is 13.2 Å². The minimum absolute atomic E-state index is 0.0456. The molecule has 0 aromatic heterocycles. The molecule has 0 saturated carbocycles. The smallest absolute Gasteiger partial charge is 0.303 e. The third kappa shape index (κ3) is 1.93. The first-order valence-electron chi connectivity index (χ1n) is 6.61. The third-order valence-corrected chi connectivity index (χ3v) is 4.28. The maximum Gasteiger partial charge on any atom is 0.303 e. The first-order chi connectivity index (χ1) is 8.70. The van der Waals surface area contributed by atoms with E-state index in [1.807, 2.05) is 0 Å². The lowest BCUT2D eigenvalue weighted by atomic mass is 9.74. The van der Waals surface area contributed by atoms with Crippen molar-refractivity contribution in [1.29, 1.82) is 0 Å². The molecule has 3 rings (SSSR count). The highest BCUT2D eigenvalue weighted by Gasteiger charge is 2.40. The summed E-state index contributed by atoms with van der Waals surface area (Å²) in [6, 6.07) is 6.68. The highest BCUT2D eigenvalue weighted by atomic mass is 16.5. The van der Waals surface area contributed by atoms with E-state index in [1.165, 1.54) is 36.0 Å². The highest BCUT2D eigenvalue weighted by molar-refractivity contribution is 5.67. The summed E-state index contributed by atoms with van der Waals surface area (Å²) in [7, 11) is 0. The summed E-state index contributed by atoms with van der Waals surface area (Å²) in [5.74, 6) is -0.720. The first-order valence-corrected chi connectivity index (χ1v) is 6.61. The molecule has 1 heterocycles. The van der Waals surface area contributed by atoms with Gasteiger partial charge in [0.1, 0.15) is 0 Å². The second-order valence-corrected chi connectivity index (χ2v) is 5.50. The first kappa shape index (κ1) is 11.7. The largest absolute Gasteiger partial charge is 0.481 e. The molecule has 1 N–H and O–H groups in total.